The highest BCUT2D eigenvalue weighted by atomic mass is 16.3. The Bertz CT molecular complexity index is 637. The highest BCUT2D eigenvalue weighted by molar-refractivity contribution is 5.60. The fourth-order valence-electron chi connectivity index (χ4n) is 3.37. The van der Waals surface area contributed by atoms with Crippen molar-refractivity contribution in [3.05, 3.63) is 58.1 Å². The van der Waals surface area contributed by atoms with Gasteiger partial charge in [0.2, 0.25) is 0 Å². The number of aryl methyl sites for hydroxylation is 3. The van der Waals surface area contributed by atoms with Gasteiger partial charge < -0.3 is 10.4 Å². The third-order valence-corrected chi connectivity index (χ3v) is 4.24. The zero-order valence-electron chi connectivity index (χ0n) is 12.3. The van der Waals surface area contributed by atoms with Gasteiger partial charge in [0.15, 0.2) is 0 Å². The number of rotatable bonds is 2. The third kappa shape index (κ3) is 2.15. The van der Waals surface area contributed by atoms with Gasteiger partial charge in [0.25, 0.3) is 0 Å². The Morgan fingerprint density at radius 2 is 1.80 bits per heavy atom. The summed E-state index contributed by atoms with van der Waals surface area (Å²) in [5, 5.41) is 13.6. The summed E-state index contributed by atoms with van der Waals surface area (Å²) in [6.07, 6.45) is 1.99. The lowest BCUT2D eigenvalue weighted by Crippen LogP contribution is -2.09. The van der Waals surface area contributed by atoms with Crippen LogP contribution in [0.1, 0.15) is 40.3 Å². The highest BCUT2D eigenvalue weighted by Gasteiger charge is 2.25. The van der Waals surface area contributed by atoms with E-state index in [-0.39, 0.29) is 0 Å². The first-order chi connectivity index (χ1) is 9.56. The molecule has 2 nitrogen and oxygen atoms in total. The molecule has 0 fully saturated rings. The molecule has 104 valence electrons. The third-order valence-electron chi connectivity index (χ3n) is 4.24. The van der Waals surface area contributed by atoms with Crippen molar-refractivity contribution in [2.45, 2.75) is 39.7 Å². The Hall–Kier alpha value is -1.96. The van der Waals surface area contributed by atoms with Crippen molar-refractivity contribution < 1.29 is 5.11 Å². The second-order valence-corrected chi connectivity index (χ2v) is 5.85. The van der Waals surface area contributed by atoms with Gasteiger partial charge in [-0.2, -0.15) is 0 Å². The monoisotopic (exact) mass is 267 g/mol. The minimum absolute atomic E-state index is 0.303. The molecule has 0 saturated carbocycles. The maximum Gasteiger partial charge on any atom is 0.119 e. The SMILES string of the molecule is Cc1cc(C)c(NC2CCc3c(O)cccc32)c(C)c1. The molecule has 2 heteroatoms. The molecule has 1 aliphatic carbocycles. The number of phenols is 1. The van der Waals surface area contributed by atoms with E-state index in [2.05, 4.69) is 44.3 Å². The van der Waals surface area contributed by atoms with Crippen molar-refractivity contribution in [1.82, 2.24) is 0 Å². The van der Waals surface area contributed by atoms with Crippen LogP contribution >= 0.6 is 0 Å². The number of aromatic hydroxyl groups is 1. The molecular weight excluding hydrogens is 246 g/mol. The topological polar surface area (TPSA) is 32.3 Å². The smallest absolute Gasteiger partial charge is 0.119 e. The van der Waals surface area contributed by atoms with Gasteiger partial charge in [-0.25, -0.2) is 0 Å². The molecule has 2 N–H and O–H groups in total. The Morgan fingerprint density at radius 3 is 2.50 bits per heavy atom. The van der Waals surface area contributed by atoms with E-state index in [4.69, 9.17) is 0 Å². The summed E-state index contributed by atoms with van der Waals surface area (Å²) in [6.45, 7) is 6.44. The van der Waals surface area contributed by atoms with Gasteiger partial charge in [-0.1, -0.05) is 29.8 Å². The maximum absolute atomic E-state index is 9.93. The van der Waals surface area contributed by atoms with Gasteiger partial charge in [-0.05, 0) is 61.9 Å². The fourth-order valence-corrected chi connectivity index (χ4v) is 3.37. The van der Waals surface area contributed by atoms with Gasteiger partial charge in [0.1, 0.15) is 5.75 Å². The number of hydrogen-bond donors (Lipinski definition) is 2. The Balaban J connectivity index is 1.94. The van der Waals surface area contributed by atoms with Crippen molar-refractivity contribution in [2.75, 3.05) is 5.32 Å². The Morgan fingerprint density at radius 1 is 1.10 bits per heavy atom. The van der Waals surface area contributed by atoms with E-state index in [0.29, 0.717) is 11.8 Å². The van der Waals surface area contributed by atoms with Gasteiger partial charge in [-0.15, -0.1) is 0 Å². The molecule has 3 rings (SSSR count). The van der Waals surface area contributed by atoms with Gasteiger partial charge in [0.05, 0.1) is 6.04 Å². The fraction of sp³-hybridized carbons (Fsp3) is 0.333. The average Bonchev–Trinajstić information content (AvgIpc) is 2.78. The van der Waals surface area contributed by atoms with Gasteiger partial charge >= 0.3 is 0 Å². The summed E-state index contributed by atoms with van der Waals surface area (Å²) in [7, 11) is 0. The van der Waals surface area contributed by atoms with E-state index in [1.165, 1.54) is 27.9 Å². The number of benzene rings is 2. The van der Waals surface area contributed by atoms with Crippen LogP contribution in [0.15, 0.2) is 30.3 Å². The number of fused-ring (bicyclic) bond motifs is 1. The van der Waals surface area contributed by atoms with Crippen LogP contribution in [-0.4, -0.2) is 5.11 Å². The number of anilines is 1. The molecule has 0 aliphatic heterocycles. The van der Waals surface area contributed by atoms with Crippen LogP contribution in [-0.2, 0) is 6.42 Å². The molecule has 0 spiro atoms. The number of nitrogens with one attached hydrogen (secondary N) is 1. The van der Waals surface area contributed by atoms with Crippen LogP contribution in [0.5, 0.6) is 5.75 Å². The van der Waals surface area contributed by atoms with Crippen LogP contribution in [0.25, 0.3) is 0 Å². The molecule has 0 bridgehead atoms. The average molecular weight is 267 g/mol. The van der Waals surface area contributed by atoms with Crippen LogP contribution in [0.4, 0.5) is 5.69 Å². The Labute approximate surface area is 120 Å². The molecule has 1 atom stereocenters. The molecule has 0 radical (unpaired) electrons. The molecule has 2 aromatic rings. The first-order valence-electron chi connectivity index (χ1n) is 7.21. The van der Waals surface area contributed by atoms with E-state index in [9.17, 15) is 5.11 Å². The Kier molecular flexibility index (Phi) is 3.17. The second-order valence-electron chi connectivity index (χ2n) is 5.85. The lowest BCUT2D eigenvalue weighted by atomic mass is 10.0. The first kappa shape index (κ1) is 13.0. The van der Waals surface area contributed by atoms with Crippen LogP contribution < -0.4 is 5.32 Å². The maximum atomic E-state index is 9.93. The van der Waals surface area contributed by atoms with E-state index in [1.54, 1.807) is 6.07 Å². The largest absolute Gasteiger partial charge is 0.508 e. The zero-order valence-corrected chi connectivity index (χ0v) is 12.3. The normalized spacial score (nSPS) is 17.1. The van der Waals surface area contributed by atoms with E-state index >= 15 is 0 Å². The molecule has 20 heavy (non-hydrogen) atoms. The van der Waals surface area contributed by atoms with Gasteiger partial charge in [-0.3, -0.25) is 0 Å². The summed E-state index contributed by atoms with van der Waals surface area (Å²) in [4.78, 5) is 0. The molecular formula is C18H21NO. The minimum atomic E-state index is 0.303. The van der Waals surface area contributed by atoms with Crippen LogP contribution in [0.2, 0.25) is 0 Å². The van der Waals surface area contributed by atoms with E-state index in [1.807, 2.05) is 6.07 Å². The summed E-state index contributed by atoms with van der Waals surface area (Å²) in [5.74, 6) is 0.434. The lowest BCUT2D eigenvalue weighted by molar-refractivity contribution is 0.469. The predicted molar refractivity (Wildman–Crippen MR) is 83.4 cm³/mol. The van der Waals surface area contributed by atoms with Crippen LogP contribution in [0.3, 0.4) is 0 Å². The summed E-state index contributed by atoms with van der Waals surface area (Å²) < 4.78 is 0. The zero-order chi connectivity index (χ0) is 14.3. The molecule has 1 unspecified atom stereocenters. The standard InChI is InChI=1S/C18H21NO/c1-11-9-12(2)18(13(3)10-11)19-16-8-7-15-14(16)5-4-6-17(15)20/h4-6,9-10,16,19-20H,7-8H2,1-3H3. The van der Waals surface area contributed by atoms with Gasteiger partial charge in [0, 0.05) is 5.69 Å². The molecule has 0 aromatic heterocycles. The number of hydrogen-bond acceptors (Lipinski definition) is 2. The van der Waals surface area contributed by atoms with Crippen LogP contribution in [0, 0.1) is 20.8 Å². The molecule has 1 aliphatic rings. The molecule has 0 saturated heterocycles. The van der Waals surface area contributed by atoms with Crippen molar-refractivity contribution in [2.24, 2.45) is 0 Å². The second kappa shape index (κ2) is 4.86. The van der Waals surface area contributed by atoms with Crippen molar-refractivity contribution in [3.8, 4) is 5.75 Å². The minimum Gasteiger partial charge on any atom is -0.508 e. The summed E-state index contributed by atoms with van der Waals surface area (Å²) in [5.41, 5.74) is 7.45. The first-order valence-corrected chi connectivity index (χ1v) is 7.21. The van der Waals surface area contributed by atoms with Crippen molar-refractivity contribution >= 4 is 5.69 Å². The van der Waals surface area contributed by atoms with Crippen molar-refractivity contribution in [3.63, 3.8) is 0 Å². The van der Waals surface area contributed by atoms with E-state index in [0.717, 1.165) is 18.4 Å². The highest BCUT2D eigenvalue weighted by Crippen LogP contribution is 2.39. The molecule has 2 aromatic carbocycles. The summed E-state index contributed by atoms with van der Waals surface area (Å²) >= 11 is 0. The van der Waals surface area contributed by atoms with E-state index < -0.39 is 0 Å². The molecule has 0 amide bonds. The molecule has 0 heterocycles. The number of phenolic OH excluding ortho intramolecular Hbond substituents is 1. The lowest BCUT2D eigenvalue weighted by Gasteiger charge is -2.20. The van der Waals surface area contributed by atoms with Crippen molar-refractivity contribution in [1.29, 1.82) is 0 Å². The predicted octanol–water partition coefficient (Wildman–Crippen LogP) is 4.42. The quantitative estimate of drug-likeness (QED) is 0.844. The summed E-state index contributed by atoms with van der Waals surface area (Å²) in [6, 6.07) is 10.6.